The van der Waals surface area contributed by atoms with Gasteiger partial charge in [0, 0.05) is 16.5 Å². The zero-order chi connectivity index (χ0) is 27.6. The van der Waals surface area contributed by atoms with E-state index in [1.807, 2.05) is 111 Å². The second-order valence-electron chi connectivity index (χ2n) is 9.00. The number of hydrogen-bond donors (Lipinski definition) is 1. The molecule has 40 heavy (non-hydrogen) atoms. The summed E-state index contributed by atoms with van der Waals surface area (Å²) in [6, 6.07) is 36.0. The van der Waals surface area contributed by atoms with Crippen LogP contribution in [0.1, 0.15) is 34.5 Å². The van der Waals surface area contributed by atoms with E-state index in [2.05, 4.69) is 10.2 Å². The third kappa shape index (κ3) is 7.68. The fourth-order valence-corrected chi connectivity index (χ4v) is 3.93. The quantitative estimate of drug-likeness (QED) is 0.232. The number of fused-ring (bicyclic) bond motifs is 2. The fourth-order valence-electron chi connectivity index (χ4n) is 3.93. The van der Waals surface area contributed by atoms with Gasteiger partial charge in [-0.3, -0.25) is 4.79 Å². The number of aliphatic imine (C=N–C) groups is 1. The van der Waals surface area contributed by atoms with E-state index in [1.165, 1.54) is 5.56 Å². The summed E-state index contributed by atoms with van der Waals surface area (Å²) in [5.41, 5.74) is 6.18. The molecule has 0 aliphatic heterocycles. The molecule has 0 radical (unpaired) electrons. The molecule has 0 saturated heterocycles. The third-order valence-corrected chi connectivity index (χ3v) is 6.05. The molecule has 1 aliphatic carbocycles. The number of carbonyl (C=O) groups excluding carboxylic acids is 1. The molecule has 0 heterocycles. The lowest BCUT2D eigenvalue weighted by Crippen LogP contribution is -2.11. The number of allylic oxidation sites excluding steroid dienone is 2. The standard InChI is InChI=1S/C17H13NO.C10H8O.C7H7NO.CH4/c1-12-6-8-13(9-7-12)18-16-10-11-17(19)15-5-3-2-4-14(15)16;11-10-7-3-5-8-4-1-2-6-9(8)10;1-6-2-4-7(8-9)5-3-6;/h2-11H,1H3;1-7,11H;2-5H,1H3;1H4. The van der Waals surface area contributed by atoms with Gasteiger partial charge in [0.15, 0.2) is 5.78 Å². The van der Waals surface area contributed by atoms with Gasteiger partial charge in [0.1, 0.15) is 11.4 Å². The minimum Gasteiger partial charge on any atom is -0.507 e. The maximum Gasteiger partial charge on any atom is 0.186 e. The molecule has 0 aromatic heterocycles. The first-order valence-electron chi connectivity index (χ1n) is 12.5. The molecule has 0 amide bonds. The predicted octanol–water partition coefficient (Wildman–Crippen LogP) is 9.44. The monoisotopic (exact) mass is 528 g/mol. The number of nitroso groups, excluding NO2 is 1. The summed E-state index contributed by atoms with van der Waals surface area (Å²) in [5.74, 6) is 0.390. The number of aryl methyl sites for hydroxylation is 2. The Morgan fingerprint density at radius 3 is 1.77 bits per heavy atom. The van der Waals surface area contributed by atoms with Crippen molar-refractivity contribution in [2.24, 2.45) is 10.2 Å². The molecule has 0 saturated carbocycles. The number of carbonyl (C=O) groups is 1. The smallest absolute Gasteiger partial charge is 0.186 e. The number of ketones is 1. The van der Waals surface area contributed by atoms with Gasteiger partial charge in [-0.15, -0.1) is 4.91 Å². The Bertz CT molecular complexity index is 1650. The SMILES string of the molecule is C.Cc1ccc(N=C2C=CC(=O)c3ccccc32)cc1.Cc1ccc(N=O)cc1.Oc1cccc2ccccc12. The molecule has 1 aliphatic rings. The van der Waals surface area contributed by atoms with Crippen LogP contribution in [-0.2, 0) is 0 Å². The Labute approximate surface area is 235 Å². The number of hydrogen-bond acceptors (Lipinski definition) is 5. The molecule has 0 atom stereocenters. The highest BCUT2D eigenvalue weighted by molar-refractivity contribution is 6.24. The predicted molar refractivity (Wildman–Crippen MR) is 166 cm³/mol. The highest BCUT2D eigenvalue weighted by atomic mass is 16.3. The van der Waals surface area contributed by atoms with E-state index >= 15 is 0 Å². The van der Waals surface area contributed by atoms with Crippen LogP contribution in [0.4, 0.5) is 11.4 Å². The van der Waals surface area contributed by atoms with E-state index in [-0.39, 0.29) is 13.2 Å². The Balaban J connectivity index is 0.000000179. The normalized spacial score (nSPS) is 12.2. The van der Waals surface area contributed by atoms with Crippen molar-refractivity contribution in [2.45, 2.75) is 21.3 Å². The summed E-state index contributed by atoms with van der Waals surface area (Å²) >= 11 is 0. The van der Waals surface area contributed by atoms with Crippen molar-refractivity contribution < 1.29 is 9.90 Å². The third-order valence-electron chi connectivity index (χ3n) is 6.05. The molecular formula is C35H32N2O3. The number of phenols is 1. The number of rotatable bonds is 2. The summed E-state index contributed by atoms with van der Waals surface area (Å²) in [6.45, 7) is 4.01. The minimum atomic E-state index is 0. The van der Waals surface area contributed by atoms with E-state index in [9.17, 15) is 14.8 Å². The maximum absolute atomic E-state index is 11.8. The number of aromatic hydroxyl groups is 1. The molecule has 5 aromatic rings. The molecule has 0 bridgehead atoms. The van der Waals surface area contributed by atoms with Gasteiger partial charge in [-0.1, -0.05) is 103 Å². The lowest BCUT2D eigenvalue weighted by Gasteiger charge is -2.11. The number of benzene rings is 5. The lowest BCUT2D eigenvalue weighted by molar-refractivity contribution is 0.104. The van der Waals surface area contributed by atoms with Crippen LogP contribution in [0.5, 0.6) is 5.75 Å². The van der Waals surface area contributed by atoms with E-state index in [4.69, 9.17) is 0 Å². The van der Waals surface area contributed by atoms with Crippen molar-refractivity contribution in [1.82, 2.24) is 0 Å². The van der Waals surface area contributed by atoms with E-state index < -0.39 is 0 Å². The summed E-state index contributed by atoms with van der Waals surface area (Å²) in [6.07, 6.45) is 3.36. The van der Waals surface area contributed by atoms with Gasteiger partial charge in [-0.25, -0.2) is 4.99 Å². The van der Waals surface area contributed by atoms with Crippen LogP contribution in [0, 0.1) is 18.8 Å². The van der Waals surface area contributed by atoms with Crippen molar-refractivity contribution >= 4 is 33.6 Å². The van der Waals surface area contributed by atoms with E-state index in [1.54, 1.807) is 30.4 Å². The Hall–Kier alpha value is -5.16. The Morgan fingerprint density at radius 2 is 1.15 bits per heavy atom. The summed E-state index contributed by atoms with van der Waals surface area (Å²) in [5, 5.41) is 14.1. The minimum absolute atomic E-state index is 0. The maximum atomic E-state index is 11.8. The average Bonchev–Trinajstić information content (AvgIpc) is 2.97. The molecule has 200 valence electrons. The van der Waals surface area contributed by atoms with Gasteiger partial charge >= 0.3 is 0 Å². The van der Waals surface area contributed by atoms with E-state index in [0.29, 0.717) is 11.4 Å². The second kappa shape index (κ2) is 14.1. The molecule has 1 N–H and O–H groups in total. The molecule has 0 spiro atoms. The van der Waals surface area contributed by atoms with Crippen LogP contribution in [0.15, 0.2) is 138 Å². The van der Waals surface area contributed by atoms with Gasteiger partial charge in [0.2, 0.25) is 0 Å². The first kappa shape index (κ1) is 29.4. The van der Waals surface area contributed by atoms with E-state index in [0.717, 1.165) is 38.9 Å². The van der Waals surface area contributed by atoms with Crippen molar-refractivity contribution in [3.05, 3.63) is 155 Å². The zero-order valence-electron chi connectivity index (χ0n) is 21.8. The van der Waals surface area contributed by atoms with Crippen LogP contribution in [-0.4, -0.2) is 16.6 Å². The lowest BCUT2D eigenvalue weighted by atomic mass is 9.94. The van der Waals surface area contributed by atoms with Gasteiger partial charge in [0.05, 0.1) is 11.4 Å². The van der Waals surface area contributed by atoms with Gasteiger partial charge in [0.25, 0.3) is 0 Å². The van der Waals surface area contributed by atoms with Gasteiger partial charge in [-0.05, 0) is 66.9 Å². The first-order chi connectivity index (χ1) is 18.9. The van der Waals surface area contributed by atoms with Crippen LogP contribution in [0.3, 0.4) is 0 Å². The fraction of sp³-hybridized carbons (Fsp3) is 0.0857. The molecule has 5 nitrogen and oxygen atoms in total. The summed E-state index contributed by atoms with van der Waals surface area (Å²) in [4.78, 5) is 26.3. The second-order valence-corrected chi connectivity index (χ2v) is 9.00. The van der Waals surface area contributed by atoms with Crippen LogP contribution in [0.25, 0.3) is 10.8 Å². The molecule has 6 rings (SSSR count). The Morgan fingerprint density at radius 1 is 0.600 bits per heavy atom. The highest BCUT2D eigenvalue weighted by Gasteiger charge is 2.16. The topological polar surface area (TPSA) is 79.1 Å². The molecular weight excluding hydrogens is 496 g/mol. The highest BCUT2D eigenvalue weighted by Crippen LogP contribution is 2.23. The Kier molecular flexibility index (Phi) is 10.4. The average molecular weight is 529 g/mol. The summed E-state index contributed by atoms with van der Waals surface area (Å²) in [7, 11) is 0. The van der Waals surface area contributed by atoms with Crippen molar-refractivity contribution in [1.29, 1.82) is 0 Å². The van der Waals surface area contributed by atoms with Crippen molar-refractivity contribution in [2.75, 3.05) is 0 Å². The van der Waals surface area contributed by atoms with Gasteiger partial charge in [-0.2, -0.15) is 0 Å². The van der Waals surface area contributed by atoms with Crippen LogP contribution >= 0.6 is 0 Å². The molecule has 0 fully saturated rings. The molecule has 5 heteroatoms. The largest absolute Gasteiger partial charge is 0.507 e. The zero-order valence-corrected chi connectivity index (χ0v) is 21.8. The molecule has 0 unspecified atom stereocenters. The van der Waals surface area contributed by atoms with Crippen LogP contribution < -0.4 is 0 Å². The van der Waals surface area contributed by atoms with Gasteiger partial charge < -0.3 is 5.11 Å². The van der Waals surface area contributed by atoms with Crippen molar-refractivity contribution in [3.63, 3.8) is 0 Å². The number of nitrogens with zero attached hydrogens (tertiary/aromatic N) is 2. The van der Waals surface area contributed by atoms with Crippen LogP contribution in [0.2, 0.25) is 0 Å². The first-order valence-corrected chi connectivity index (χ1v) is 12.5. The van der Waals surface area contributed by atoms with Crippen molar-refractivity contribution in [3.8, 4) is 5.75 Å². The number of phenolic OH excluding ortho intramolecular Hbond substituents is 1. The summed E-state index contributed by atoms with van der Waals surface area (Å²) < 4.78 is 0. The molecule has 5 aromatic carbocycles.